The first kappa shape index (κ1) is 18.6. The Morgan fingerprint density at radius 3 is 2.32 bits per heavy atom. The molecule has 0 fully saturated rings. The smallest absolute Gasteiger partial charge is 0.327 e. The zero-order valence-electron chi connectivity index (χ0n) is 15.5. The lowest BCUT2D eigenvalue weighted by molar-refractivity contribution is -0.164. The standard InChI is InChI=1S/C22H19ClO5/c1-26-20(24)22(21(25)27-2)11-16-15-5-3-4-6-18(15)28-12-17(16)19(22)13-7-9-14(23)10-8-13/h3-10,16H,11-12H2,1-2H3. The summed E-state index contributed by atoms with van der Waals surface area (Å²) in [4.78, 5) is 26.0. The second kappa shape index (κ2) is 6.99. The summed E-state index contributed by atoms with van der Waals surface area (Å²) in [7, 11) is 2.56. The van der Waals surface area contributed by atoms with Gasteiger partial charge >= 0.3 is 11.9 Å². The van der Waals surface area contributed by atoms with E-state index >= 15 is 0 Å². The van der Waals surface area contributed by atoms with Crippen molar-refractivity contribution < 1.29 is 23.8 Å². The predicted molar refractivity (Wildman–Crippen MR) is 104 cm³/mol. The van der Waals surface area contributed by atoms with Gasteiger partial charge in [-0.15, -0.1) is 0 Å². The molecule has 0 saturated heterocycles. The lowest BCUT2D eigenvalue weighted by atomic mass is 9.76. The van der Waals surface area contributed by atoms with E-state index in [1.165, 1.54) is 14.2 Å². The third-order valence-electron chi connectivity index (χ3n) is 5.56. The molecule has 2 aromatic carbocycles. The van der Waals surface area contributed by atoms with Gasteiger partial charge in [0.2, 0.25) is 0 Å². The van der Waals surface area contributed by atoms with Crippen molar-refractivity contribution in [1.29, 1.82) is 0 Å². The summed E-state index contributed by atoms with van der Waals surface area (Å²) in [5, 5.41) is 0.566. The van der Waals surface area contributed by atoms with Crippen LogP contribution in [-0.2, 0) is 19.1 Å². The van der Waals surface area contributed by atoms with Crippen LogP contribution in [-0.4, -0.2) is 32.8 Å². The number of carbonyl (C=O) groups is 2. The fourth-order valence-electron chi connectivity index (χ4n) is 4.36. The van der Waals surface area contributed by atoms with Gasteiger partial charge in [-0.05, 0) is 41.3 Å². The van der Waals surface area contributed by atoms with Crippen LogP contribution in [0.25, 0.3) is 5.57 Å². The molecule has 1 heterocycles. The number of fused-ring (bicyclic) bond motifs is 3. The van der Waals surface area contributed by atoms with Crippen LogP contribution in [0.15, 0.2) is 54.1 Å². The number of benzene rings is 2. The number of esters is 2. The highest BCUT2D eigenvalue weighted by molar-refractivity contribution is 6.30. The van der Waals surface area contributed by atoms with E-state index in [0.717, 1.165) is 22.4 Å². The highest BCUT2D eigenvalue weighted by Gasteiger charge is 2.60. The number of ether oxygens (including phenoxy) is 3. The minimum Gasteiger partial charge on any atom is -0.489 e. The minimum absolute atomic E-state index is 0.145. The Bertz CT molecular complexity index is 961. The Hall–Kier alpha value is -2.79. The summed E-state index contributed by atoms with van der Waals surface area (Å²) >= 11 is 6.05. The van der Waals surface area contributed by atoms with Gasteiger partial charge in [-0.3, -0.25) is 9.59 Å². The molecule has 144 valence electrons. The number of hydrogen-bond donors (Lipinski definition) is 0. The number of rotatable bonds is 3. The molecule has 1 unspecified atom stereocenters. The number of para-hydroxylation sites is 1. The van der Waals surface area contributed by atoms with Crippen LogP contribution in [0.3, 0.4) is 0 Å². The summed E-state index contributed by atoms with van der Waals surface area (Å²) in [5.41, 5.74) is 1.59. The van der Waals surface area contributed by atoms with Crippen LogP contribution >= 0.6 is 11.6 Å². The van der Waals surface area contributed by atoms with Crippen LogP contribution in [0.5, 0.6) is 5.75 Å². The molecule has 0 radical (unpaired) electrons. The maximum atomic E-state index is 13.0. The van der Waals surface area contributed by atoms with Gasteiger partial charge in [0.05, 0.1) is 14.2 Å². The molecular formula is C22H19ClO5. The number of carbonyl (C=O) groups excluding carboxylic acids is 2. The number of hydrogen-bond acceptors (Lipinski definition) is 5. The first-order valence-electron chi connectivity index (χ1n) is 8.91. The Kier molecular flexibility index (Phi) is 4.63. The molecule has 4 rings (SSSR count). The Morgan fingerprint density at radius 2 is 1.68 bits per heavy atom. The number of halogens is 1. The lowest BCUT2D eigenvalue weighted by Crippen LogP contribution is -2.41. The molecule has 5 nitrogen and oxygen atoms in total. The second-order valence-electron chi connectivity index (χ2n) is 6.88. The fraction of sp³-hybridized carbons (Fsp3) is 0.273. The van der Waals surface area contributed by atoms with Crippen LogP contribution in [0, 0.1) is 5.41 Å². The third kappa shape index (κ3) is 2.61. The molecule has 0 spiro atoms. The van der Waals surface area contributed by atoms with Crippen molar-refractivity contribution in [3.8, 4) is 5.75 Å². The summed E-state index contributed by atoms with van der Waals surface area (Å²) < 4.78 is 16.1. The molecule has 0 N–H and O–H groups in total. The first-order valence-corrected chi connectivity index (χ1v) is 9.28. The largest absolute Gasteiger partial charge is 0.489 e. The highest BCUT2D eigenvalue weighted by Crippen LogP contribution is 2.58. The fourth-order valence-corrected chi connectivity index (χ4v) is 4.48. The Labute approximate surface area is 167 Å². The summed E-state index contributed by atoms with van der Waals surface area (Å²) in [5.74, 6) is -0.654. The maximum absolute atomic E-state index is 13.0. The molecule has 28 heavy (non-hydrogen) atoms. The summed E-state index contributed by atoms with van der Waals surface area (Å²) in [6.45, 7) is 0.287. The Morgan fingerprint density at radius 1 is 1.04 bits per heavy atom. The van der Waals surface area contributed by atoms with E-state index in [0.29, 0.717) is 10.6 Å². The van der Waals surface area contributed by atoms with E-state index in [2.05, 4.69) is 0 Å². The van der Waals surface area contributed by atoms with E-state index in [1.54, 1.807) is 24.3 Å². The van der Waals surface area contributed by atoms with Gasteiger partial charge in [0, 0.05) is 16.5 Å². The lowest BCUT2D eigenvalue weighted by Gasteiger charge is -2.27. The molecule has 0 aromatic heterocycles. The monoisotopic (exact) mass is 398 g/mol. The molecule has 1 atom stereocenters. The molecule has 1 aliphatic carbocycles. The van der Waals surface area contributed by atoms with Crippen LogP contribution in [0.2, 0.25) is 5.02 Å². The van der Waals surface area contributed by atoms with Crippen molar-refractivity contribution in [2.45, 2.75) is 12.3 Å². The average Bonchev–Trinajstić information content (AvgIpc) is 3.09. The zero-order valence-corrected chi connectivity index (χ0v) is 16.3. The zero-order chi connectivity index (χ0) is 19.9. The van der Waals surface area contributed by atoms with Crippen molar-refractivity contribution in [2.75, 3.05) is 20.8 Å². The quantitative estimate of drug-likeness (QED) is 0.577. The van der Waals surface area contributed by atoms with Crippen molar-refractivity contribution in [3.05, 3.63) is 70.3 Å². The van der Waals surface area contributed by atoms with Gasteiger partial charge < -0.3 is 14.2 Å². The van der Waals surface area contributed by atoms with E-state index in [4.69, 9.17) is 25.8 Å². The molecule has 2 aliphatic rings. The van der Waals surface area contributed by atoms with Crippen molar-refractivity contribution >= 4 is 29.1 Å². The highest BCUT2D eigenvalue weighted by atomic mass is 35.5. The normalized spacial score (nSPS) is 19.3. The molecule has 2 aromatic rings. The van der Waals surface area contributed by atoms with E-state index in [1.807, 2.05) is 24.3 Å². The molecular weight excluding hydrogens is 380 g/mol. The van der Waals surface area contributed by atoms with Crippen molar-refractivity contribution in [3.63, 3.8) is 0 Å². The van der Waals surface area contributed by atoms with E-state index < -0.39 is 17.4 Å². The predicted octanol–water partition coefficient (Wildman–Crippen LogP) is 4.01. The average molecular weight is 399 g/mol. The van der Waals surface area contributed by atoms with Gasteiger partial charge in [0.15, 0.2) is 5.41 Å². The molecule has 0 saturated carbocycles. The van der Waals surface area contributed by atoms with Gasteiger partial charge in [-0.25, -0.2) is 0 Å². The first-order chi connectivity index (χ1) is 13.5. The molecule has 1 aliphatic heterocycles. The molecule has 0 bridgehead atoms. The van der Waals surface area contributed by atoms with Crippen LogP contribution in [0.4, 0.5) is 0 Å². The SMILES string of the molecule is COC(=O)C1(C(=O)OC)CC2C(=C1c1ccc(Cl)cc1)COc1ccccc12. The minimum atomic E-state index is -1.56. The summed E-state index contributed by atoms with van der Waals surface area (Å²) in [6.07, 6.45) is 0.236. The maximum Gasteiger partial charge on any atom is 0.327 e. The van der Waals surface area contributed by atoms with Crippen molar-refractivity contribution in [2.24, 2.45) is 5.41 Å². The second-order valence-corrected chi connectivity index (χ2v) is 7.32. The molecule has 0 amide bonds. The van der Waals surface area contributed by atoms with Gasteiger partial charge in [0.1, 0.15) is 12.4 Å². The van der Waals surface area contributed by atoms with E-state index in [9.17, 15) is 9.59 Å². The van der Waals surface area contributed by atoms with Crippen molar-refractivity contribution in [1.82, 2.24) is 0 Å². The van der Waals surface area contributed by atoms with E-state index in [-0.39, 0.29) is 18.9 Å². The third-order valence-corrected chi connectivity index (χ3v) is 5.81. The van der Waals surface area contributed by atoms with Gasteiger partial charge in [0.25, 0.3) is 0 Å². The van der Waals surface area contributed by atoms with Gasteiger partial charge in [-0.1, -0.05) is 41.9 Å². The number of methoxy groups -OCH3 is 2. The van der Waals surface area contributed by atoms with Gasteiger partial charge in [-0.2, -0.15) is 0 Å². The van der Waals surface area contributed by atoms with Crippen LogP contribution in [0.1, 0.15) is 23.5 Å². The summed E-state index contributed by atoms with van der Waals surface area (Å²) in [6, 6.07) is 14.7. The van der Waals surface area contributed by atoms with Crippen LogP contribution < -0.4 is 4.74 Å². The Balaban J connectivity index is 1.99. The molecule has 6 heteroatoms. The topological polar surface area (TPSA) is 61.8 Å².